The van der Waals surface area contributed by atoms with Crippen molar-refractivity contribution in [2.75, 3.05) is 57.7 Å². The van der Waals surface area contributed by atoms with Crippen LogP contribution in [0.15, 0.2) is 41.5 Å². The number of rotatable bonds is 8. The van der Waals surface area contributed by atoms with E-state index in [0.717, 1.165) is 104 Å². The Labute approximate surface area is 188 Å². The van der Waals surface area contributed by atoms with E-state index in [1.165, 1.54) is 0 Å². The van der Waals surface area contributed by atoms with E-state index < -0.39 is 0 Å². The Bertz CT molecular complexity index is 1270. The van der Waals surface area contributed by atoms with Crippen LogP contribution in [0.5, 0.6) is 0 Å². The maximum Gasteiger partial charge on any atom is 0.199 e. The van der Waals surface area contributed by atoms with Crippen LogP contribution in [-0.2, 0) is 0 Å². The number of aryl methyl sites for hydroxylation is 1. The fourth-order valence-electron chi connectivity index (χ4n) is 4.92. The van der Waals surface area contributed by atoms with Crippen LogP contribution in [0.4, 0.5) is 5.69 Å². The highest BCUT2D eigenvalue weighted by molar-refractivity contribution is 6.07. The van der Waals surface area contributed by atoms with Crippen LogP contribution in [0, 0.1) is 6.92 Å². The van der Waals surface area contributed by atoms with Crippen molar-refractivity contribution in [3.05, 3.63) is 52.4 Å². The van der Waals surface area contributed by atoms with Gasteiger partial charge in [-0.2, -0.15) is 0 Å². The number of fused-ring (bicyclic) bond motifs is 2. The summed E-state index contributed by atoms with van der Waals surface area (Å²) in [6.45, 7) is 10.3. The number of nitrogens with zero attached hydrogens (tertiary/aromatic N) is 4. The molecule has 1 saturated heterocycles. The lowest BCUT2D eigenvalue weighted by Crippen LogP contribution is -2.47. The number of nitrogens with one attached hydrogen (secondary N) is 1. The molecule has 0 unspecified atom stereocenters. The Kier molecular flexibility index (Phi) is 5.95. The summed E-state index contributed by atoms with van der Waals surface area (Å²) in [6, 6.07) is 10.1. The number of piperazine rings is 1. The van der Waals surface area contributed by atoms with Crippen LogP contribution in [0.25, 0.3) is 27.3 Å². The Balaban J connectivity index is 1.29. The van der Waals surface area contributed by atoms with Gasteiger partial charge in [0.15, 0.2) is 5.43 Å². The molecule has 7 nitrogen and oxygen atoms in total. The van der Waals surface area contributed by atoms with Crippen molar-refractivity contribution in [2.45, 2.75) is 19.8 Å². The van der Waals surface area contributed by atoms with Crippen molar-refractivity contribution in [1.82, 2.24) is 19.2 Å². The van der Waals surface area contributed by atoms with Gasteiger partial charge in [-0.15, -0.1) is 0 Å². The minimum Gasteiger partial charge on any atom is -0.384 e. The maximum atomic E-state index is 13.4. The monoisotopic (exact) mass is 432 g/mol. The molecule has 0 amide bonds. The zero-order valence-electron chi connectivity index (χ0n) is 18.8. The molecule has 168 valence electrons. The van der Waals surface area contributed by atoms with E-state index in [1.54, 1.807) is 0 Å². The Morgan fingerprint density at radius 2 is 1.78 bits per heavy atom. The highest BCUT2D eigenvalue weighted by Crippen LogP contribution is 2.28. The number of hydrogen-bond acceptors (Lipinski definition) is 6. The molecule has 2 aromatic carbocycles. The maximum absolute atomic E-state index is 13.4. The molecular weight excluding hydrogens is 400 g/mol. The summed E-state index contributed by atoms with van der Waals surface area (Å²) in [4.78, 5) is 23.0. The Morgan fingerprint density at radius 1 is 1.03 bits per heavy atom. The van der Waals surface area contributed by atoms with Gasteiger partial charge in [0, 0.05) is 43.8 Å². The quantitative estimate of drug-likeness (QED) is 0.329. The number of anilines is 1. The second-order valence-electron chi connectivity index (χ2n) is 8.93. The molecule has 2 aromatic heterocycles. The van der Waals surface area contributed by atoms with Gasteiger partial charge in [0.25, 0.3) is 0 Å². The summed E-state index contributed by atoms with van der Waals surface area (Å²) in [6.07, 6.45) is 3.95. The van der Waals surface area contributed by atoms with E-state index in [9.17, 15) is 4.79 Å². The molecule has 0 radical (unpaired) electrons. The molecule has 1 aliphatic heterocycles. The molecule has 0 atom stereocenters. The number of benzene rings is 2. The predicted octanol–water partition coefficient (Wildman–Crippen LogP) is 2.52. The lowest BCUT2D eigenvalue weighted by atomic mass is 10.1. The van der Waals surface area contributed by atoms with Crippen LogP contribution in [0.1, 0.15) is 18.4 Å². The third kappa shape index (κ3) is 3.92. The van der Waals surface area contributed by atoms with Gasteiger partial charge in [-0.25, -0.2) is 4.98 Å². The molecule has 4 aromatic rings. The summed E-state index contributed by atoms with van der Waals surface area (Å²) in [5, 5.41) is 5.04. The first-order valence-corrected chi connectivity index (χ1v) is 11.7. The third-order valence-corrected chi connectivity index (χ3v) is 6.70. The van der Waals surface area contributed by atoms with Crippen molar-refractivity contribution in [1.29, 1.82) is 0 Å². The van der Waals surface area contributed by atoms with Crippen LogP contribution in [0.2, 0.25) is 0 Å². The van der Waals surface area contributed by atoms with Crippen LogP contribution >= 0.6 is 0 Å². The van der Waals surface area contributed by atoms with E-state index in [-0.39, 0.29) is 5.43 Å². The molecule has 3 heterocycles. The van der Waals surface area contributed by atoms with Crippen LogP contribution in [-0.4, -0.2) is 71.5 Å². The first-order chi connectivity index (χ1) is 15.7. The normalized spacial score (nSPS) is 15.9. The summed E-state index contributed by atoms with van der Waals surface area (Å²) in [5.74, 6) is 0. The smallest absolute Gasteiger partial charge is 0.199 e. The second kappa shape index (κ2) is 9.02. The molecule has 3 N–H and O–H groups in total. The summed E-state index contributed by atoms with van der Waals surface area (Å²) < 4.78 is 2.05. The van der Waals surface area contributed by atoms with E-state index >= 15 is 0 Å². The molecule has 32 heavy (non-hydrogen) atoms. The van der Waals surface area contributed by atoms with Crippen molar-refractivity contribution < 1.29 is 0 Å². The van der Waals surface area contributed by atoms with E-state index in [2.05, 4.69) is 24.5 Å². The molecule has 0 saturated carbocycles. The fraction of sp³-hybridized carbons (Fsp3) is 0.440. The van der Waals surface area contributed by atoms with Gasteiger partial charge in [0.1, 0.15) is 6.33 Å². The highest BCUT2D eigenvalue weighted by Gasteiger charge is 2.18. The van der Waals surface area contributed by atoms with Crippen molar-refractivity contribution in [3.8, 4) is 0 Å². The fourth-order valence-corrected chi connectivity index (χ4v) is 4.92. The number of imidazole rings is 1. The largest absolute Gasteiger partial charge is 0.384 e. The average Bonchev–Trinajstić information content (AvgIpc) is 3.24. The average molecular weight is 433 g/mol. The number of pyridine rings is 1. The van der Waals surface area contributed by atoms with Crippen molar-refractivity contribution in [3.63, 3.8) is 0 Å². The van der Waals surface area contributed by atoms with Crippen molar-refractivity contribution in [2.24, 2.45) is 5.73 Å². The lowest BCUT2D eigenvalue weighted by Gasteiger charge is -2.34. The van der Waals surface area contributed by atoms with E-state index in [1.807, 2.05) is 43.6 Å². The lowest BCUT2D eigenvalue weighted by molar-refractivity contribution is 0.132. The van der Waals surface area contributed by atoms with Gasteiger partial charge in [-0.1, -0.05) is 11.6 Å². The van der Waals surface area contributed by atoms with Gasteiger partial charge in [-0.05, 0) is 63.7 Å². The molecular formula is C25H32N6O. The number of nitrogens with two attached hydrogens (primary N) is 1. The predicted molar refractivity (Wildman–Crippen MR) is 132 cm³/mol. The summed E-state index contributed by atoms with van der Waals surface area (Å²) in [7, 11) is 0. The standard InChI is InChI=1S/C25H32N6O/c1-18-4-7-22-19(16-18)25(32)23-20(5-6-21-24(23)31(22)17-28-21)27-9-3-11-30-14-12-29(13-15-30)10-2-8-26/h4-7,16-17,27H,2-3,8-15,26H2,1H3. The first kappa shape index (κ1) is 21.1. The minimum absolute atomic E-state index is 0.0819. The van der Waals surface area contributed by atoms with E-state index in [4.69, 9.17) is 5.73 Å². The molecule has 1 aliphatic rings. The molecule has 0 spiro atoms. The topological polar surface area (TPSA) is 78.9 Å². The van der Waals surface area contributed by atoms with Gasteiger partial charge in [0.05, 0.1) is 21.9 Å². The van der Waals surface area contributed by atoms with Gasteiger partial charge in [-0.3, -0.25) is 9.20 Å². The van der Waals surface area contributed by atoms with Crippen LogP contribution < -0.4 is 16.5 Å². The molecule has 0 bridgehead atoms. The third-order valence-electron chi connectivity index (χ3n) is 6.70. The molecule has 0 aliphatic carbocycles. The van der Waals surface area contributed by atoms with Gasteiger partial charge < -0.3 is 20.9 Å². The Morgan fingerprint density at radius 3 is 2.53 bits per heavy atom. The van der Waals surface area contributed by atoms with Gasteiger partial charge >= 0.3 is 0 Å². The second-order valence-corrected chi connectivity index (χ2v) is 8.93. The van der Waals surface area contributed by atoms with Crippen LogP contribution in [0.3, 0.4) is 0 Å². The summed E-state index contributed by atoms with van der Waals surface area (Å²) >= 11 is 0. The highest BCUT2D eigenvalue weighted by atomic mass is 16.1. The molecule has 7 heteroatoms. The molecule has 5 rings (SSSR count). The zero-order chi connectivity index (χ0) is 22.1. The first-order valence-electron chi connectivity index (χ1n) is 11.7. The number of aromatic nitrogens is 2. The Hall–Kier alpha value is -2.74. The minimum atomic E-state index is 0.0819. The van der Waals surface area contributed by atoms with Gasteiger partial charge in [0.2, 0.25) is 0 Å². The molecule has 1 fully saturated rings. The zero-order valence-corrected chi connectivity index (χ0v) is 18.8. The van der Waals surface area contributed by atoms with Crippen molar-refractivity contribution >= 4 is 33.0 Å². The SMILES string of the molecule is Cc1ccc2c(c1)c(=O)c1c(NCCCN3CCN(CCCN)CC3)ccc3ncn2c31. The van der Waals surface area contributed by atoms with E-state index in [0.29, 0.717) is 0 Å². The summed E-state index contributed by atoms with van der Waals surface area (Å²) in [5.41, 5.74) is 10.4. The number of hydrogen-bond donors (Lipinski definition) is 2.